The van der Waals surface area contributed by atoms with E-state index in [-0.39, 0.29) is 11.5 Å². The van der Waals surface area contributed by atoms with E-state index < -0.39 is 5.60 Å². The van der Waals surface area contributed by atoms with Crippen molar-refractivity contribution in [2.45, 2.75) is 31.4 Å². The fourth-order valence-electron chi connectivity index (χ4n) is 2.05. The highest BCUT2D eigenvalue weighted by molar-refractivity contribution is 5.42. The van der Waals surface area contributed by atoms with Crippen molar-refractivity contribution < 1.29 is 15.3 Å². The van der Waals surface area contributed by atoms with Crippen molar-refractivity contribution in [3.8, 4) is 11.5 Å². The summed E-state index contributed by atoms with van der Waals surface area (Å²) in [5, 5.41) is 32.3. The molecule has 0 bridgehead atoms. The summed E-state index contributed by atoms with van der Waals surface area (Å²) in [4.78, 5) is 0. The second kappa shape index (κ2) is 3.96. The van der Waals surface area contributed by atoms with E-state index in [0.717, 1.165) is 6.42 Å². The Balaban J connectivity index is 2.25. The molecule has 0 aliphatic carbocycles. The zero-order valence-electron chi connectivity index (χ0n) is 9.27. The minimum absolute atomic E-state index is 0.163. The lowest BCUT2D eigenvalue weighted by atomic mass is 9.84. The quantitative estimate of drug-likeness (QED) is 0.537. The summed E-state index contributed by atoms with van der Waals surface area (Å²) in [5.74, 6) is -0.353. The minimum atomic E-state index is -0.947. The number of hydrogen-bond acceptors (Lipinski definition) is 4. The van der Waals surface area contributed by atoms with E-state index in [0.29, 0.717) is 24.6 Å². The highest BCUT2D eigenvalue weighted by Crippen LogP contribution is 2.34. The van der Waals surface area contributed by atoms with E-state index in [1.54, 1.807) is 6.07 Å². The van der Waals surface area contributed by atoms with Crippen LogP contribution in [0.3, 0.4) is 0 Å². The van der Waals surface area contributed by atoms with Crippen LogP contribution >= 0.6 is 0 Å². The van der Waals surface area contributed by atoms with Gasteiger partial charge >= 0.3 is 0 Å². The fraction of sp³-hybridized carbons (Fsp3) is 0.500. The second-order valence-corrected chi connectivity index (χ2v) is 4.56. The van der Waals surface area contributed by atoms with Crippen LogP contribution in [0.15, 0.2) is 18.2 Å². The molecule has 1 fully saturated rings. The van der Waals surface area contributed by atoms with Gasteiger partial charge in [-0.05, 0) is 37.5 Å². The van der Waals surface area contributed by atoms with Gasteiger partial charge in [0, 0.05) is 12.6 Å². The van der Waals surface area contributed by atoms with Crippen molar-refractivity contribution in [3.63, 3.8) is 0 Å². The molecule has 88 valence electrons. The Hall–Kier alpha value is -1.26. The minimum Gasteiger partial charge on any atom is -0.504 e. The van der Waals surface area contributed by atoms with Crippen molar-refractivity contribution in [1.82, 2.24) is 5.32 Å². The maximum absolute atomic E-state index is 10.4. The Kier molecular flexibility index (Phi) is 2.78. The van der Waals surface area contributed by atoms with Crippen LogP contribution in [0.4, 0.5) is 0 Å². The Morgan fingerprint density at radius 1 is 1.31 bits per heavy atom. The van der Waals surface area contributed by atoms with Crippen molar-refractivity contribution >= 4 is 0 Å². The molecule has 2 atom stereocenters. The van der Waals surface area contributed by atoms with Crippen molar-refractivity contribution in [2.75, 3.05) is 6.54 Å². The van der Waals surface area contributed by atoms with Gasteiger partial charge in [-0.15, -0.1) is 0 Å². The lowest BCUT2D eigenvalue weighted by Crippen LogP contribution is -2.47. The lowest BCUT2D eigenvalue weighted by molar-refractivity contribution is 0.00349. The molecule has 0 aromatic heterocycles. The van der Waals surface area contributed by atoms with Gasteiger partial charge in [0.2, 0.25) is 0 Å². The molecule has 0 spiro atoms. The first kappa shape index (κ1) is 11.2. The van der Waals surface area contributed by atoms with E-state index in [9.17, 15) is 15.3 Å². The molecule has 4 heteroatoms. The van der Waals surface area contributed by atoms with Gasteiger partial charge in [-0.3, -0.25) is 0 Å². The molecule has 0 amide bonds. The van der Waals surface area contributed by atoms with Gasteiger partial charge in [0.15, 0.2) is 11.5 Å². The van der Waals surface area contributed by atoms with E-state index >= 15 is 0 Å². The zero-order chi connectivity index (χ0) is 11.8. The molecule has 1 heterocycles. The summed E-state index contributed by atoms with van der Waals surface area (Å²) >= 11 is 0. The van der Waals surface area contributed by atoms with Gasteiger partial charge in [0.25, 0.3) is 0 Å². The van der Waals surface area contributed by atoms with Gasteiger partial charge in [-0.25, -0.2) is 0 Å². The molecule has 1 aliphatic heterocycles. The number of rotatable bonds is 1. The van der Waals surface area contributed by atoms with Crippen LogP contribution in [-0.4, -0.2) is 27.9 Å². The zero-order valence-corrected chi connectivity index (χ0v) is 9.27. The van der Waals surface area contributed by atoms with Gasteiger partial charge in [0.1, 0.15) is 5.60 Å². The van der Waals surface area contributed by atoms with Gasteiger partial charge in [-0.2, -0.15) is 0 Å². The molecule has 0 unspecified atom stereocenters. The number of aromatic hydroxyl groups is 2. The fourth-order valence-corrected chi connectivity index (χ4v) is 2.05. The summed E-state index contributed by atoms with van der Waals surface area (Å²) in [7, 11) is 0. The largest absolute Gasteiger partial charge is 0.504 e. The van der Waals surface area contributed by atoms with E-state index in [2.05, 4.69) is 12.2 Å². The van der Waals surface area contributed by atoms with Gasteiger partial charge in [0.05, 0.1) is 0 Å². The predicted octanol–water partition coefficient (Wildman–Crippen LogP) is 1.06. The molecule has 1 aliphatic rings. The van der Waals surface area contributed by atoms with Crippen LogP contribution in [0.2, 0.25) is 0 Å². The number of phenols is 2. The van der Waals surface area contributed by atoms with Crippen molar-refractivity contribution in [1.29, 1.82) is 0 Å². The number of benzene rings is 1. The molecule has 1 aromatic rings. The average molecular weight is 223 g/mol. The molecular weight excluding hydrogens is 206 g/mol. The van der Waals surface area contributed by atoms with E-state index in [4.69, 9.17) is 0 Å². The monoisotopic (exact) mass is 223 g/mol. The van der Waals surface area contributed by atoms with Crippen LogP contribution in [0.1, 0.15) is 25.3 Å². The maximum Gasteiger partial charge on any atom is 0.157 e. The number of piperidine rings is 1. The maximum atomic E-state index is 10.4. The van der Waals surface area contributed by atoms with E-state index in [1.807, 2.05) is 0 Å². The third kappa shape index (κ3) is 1.99. The van der Waals surface area contributed by atoms with Crippen LogP contribution < -0.4 is 5.32 Å². The molecule has 1 aromatic carbocycles. The molecule has 1 saturated heterocycles. The van der Waals surface area contributed by atoms with Crippen LogP contribution in [0.5, 0.6) is 11.5 Å². The number of hydrogen-bond donors (Lipinski definition) is 4. The Labute approximate surface area is 94.5 Å². The highest BCUT2D eigenvalue weighted by Gasteiger charge is 2.33. The smallest absolute Gasteiger partial charge is 0.157 e. The topological polar surface area (TPSA) is 72.7 Å². The first-order valence-electron chi connectivity index (χ1n) is 5.49. The number of nitrogens with one attached hydrogen (secondary N) is 1. The number of phenolic OH excluding ortho intramolecular Hbond substituents is 2. The second-order valence-electron chi connectivity index (χ2n) is 4.56. The first-order valence-corrected chi connectivity index (χ1v) is 5.49. The highest BCUT2D eigenvalue weighted by atomic mass is 16.3. The van der Waals surface area contributed by atoms with Crippen LogP contribution in [0, 0.1) is 0 Å². The Morgan fingerprint density at radius 2 is 2.06 bits per heavy atom. The summed E-state index contributed by atoms with van der Waals surface area (Å²) in [6.07, 6.45) is 1.55. The third-order valence-electron chi connectivity index (χ3n) is 3.25. The lowest BCUT2D eigenvalue weighted by Gasteiger charge is -2.36. The average Bonchev–Trinajstić information content (AvgIpc) is 2.26. The summed E-state index contributed by atoms with van der Waals surface area (Å²) < 4.78 is 0. The summed E-state index contributed by atoms with van der Waals surface area (Å²) in [5.41, 5.74) is -0.306. The molecule has 4 nitrogen and oxygen atoms in total. The summed E-state index contributed by atoms with van der Waals surface area (Å²) in [6, 6.07) is 4.88. The molecule has 2 rings (SSSR count). The van der Waals surface area contributed by atoms with Crippen LogP contribution in [0.25, 0.3) is 0 Å². The third-order valence-corrected chi connectivity index (χ3v) is 3.25. The number of aliphatic hydroxyl groups is 1. The SMILES string of the molecule is C[C@@H]1CC[C@](O)(c2ccc(O)c(O)c2)CN1. The molecular formula is C12H17NO3. The molecule has 4 N–H and O–H groups in total. The van der Waals surface area contributed by atoms with E-state index in [1.165, 1.54) is 12.1 Å². The van der Waals surface area contributed by atoms with Crippen molar-refractivity contribution in [3.05, 3.63) is 23.8 Å². The normalized spacial score (nSPS) is 30.2. The predicted molar refractivity (Wildman–Crippen MR) is 60.4 cm³/mol. The standard InChI is InChI=1S/C12H17NO3/c1-8-4-5-12(16,7-13-8)9-2-3-10(14)11(15)6-9/h2-3,6,8,13-16H,4-5,7H2,1H3/t8-,12-/m1/s1. The Morgan fingerprint density at radius 3 is 2.62 bits per heavy atom. The number of β-amino-alcohol motifs (C(OH)–C–C–N with tert-alkyl or cyclic N) is 1. The van der Waals surface area contributed by atoms with Gasteiger partial charge < -0.3 is 20.6 Å². The molecule has 0 saturated carbocycles. The van der Waals surface area contributed by atoms with Crippen LogP contribution in [-0.2, 0) is 5.60 Å². The molecule has 16 heavy (non-hydrogen) atoms. The first-order chi connectivity index (χ1) is 7.51. The molecule has 0 radical (unpaired) electrons. The van der Waals surface area contributed by atoms with Crippen molar-refractivity contribution in [2.24, 2.45) is 0 Å². The van der Waals surface area contributed by atoms with Gasteiger partial charge in [-0.1, -0.05) is 6.07 Å². The Bertz CT molecular complexity index is 384. The summed E-state index contributed by atoms with van der Waals surface area (Å²) in [6.45, 7) is 2.55.